The van der Waals surface area contributed by atoms with Gasteiger partial charge in [-0.25, -0.2) is 0 Å². The Morgan fingerprint density at radius 1 is 0.434 bits per heavy atom. The predicted octanol–water partition coefficient (Wildman–Crippen LogP) is 16.0. The van der Waals surface area contributed by atoms with Crippen molar-refractivity contribution < 1.29 is 0 Å². The van der Waals surface area contributed by atoms with Crippen molar-refractivity contribution in [1.29, 1.82) is 0 Å². The topological polar surface area (TPSA) is 49.4 Å². The first-order valence-corrected chi connectivity index (χ1v) is 22.0. The Bertz CT molecular complexity index is 2250. The summed E-state index contributed by atoms with van der Waals surface area (Å²) in [5.41, 5.74) is 13.4. The molecule has 53 heavy (non-hydrogen) atoms. The van der Waals surface area contributed by atoms with Crippen LogP contribution in [0.4, 0.5) is 22.7 Å². The molecule has 2 aliphatic rings. The zero-order valence-corrected chi connectivity index (χ0v) is 36.3. The smallest absolute Gasteiger partial charge is 0.101 e. The van der Waals surface area contributed by atoms with Crippen LogP contribution in [0.25, 0.3) is 0 Å². The molecule has 0 spiro atoms. The van der Waals surface area contributed by atoms with E-state index in [1.807, 2.05) is 47.0 Å². The lowest BCUT2D eigenvalue weighted by atomic mass is 9.99. The molecule has 0 saturated carbocycles. The number of rotatable bonds is 4. The molecule has 0 radical (unpaired) electrons. The van der Waals surface area contributed by atoms with Gasteiger partial charge in [0.25, 0.3) is 0 Å². The Kier molecular flexibility index (Phi) is 12.4. The summed E-state index contributed by atoms with van der Waals surface area (Å²) in [4.78, 5) is 26.2. The minimum Gasteiger partial charge on any atom is -0.186 e. The van der Waals surface area contributed by atoms with Crippen molar-refractivity contribution >= 4 is 81.8 Å². The van der Waals surface area contributed by atoms with Gasteiger partial charge in [0.05, 0.1) is 27.0 Å². The summed E-state index contributed by atoms with van der Waals surface area (Å²) in [7, 11) is 0. The summed E-state index contributed by atoms with van der Waals surface area (Å²) in [5, 5.41) is 0. The van der Waals surface area contributed by atoms with Crippen molar-refractivity contribution in [3.8, 4) is 0 Å². The molecule has 274 valence electrons. The predicted molar refractivity (Wildman–Crippen MR) is 235 cm³/mol. The van der Waals surface area contributed by atoms with Crippen molar-refractivity contribution in [3.05, 3.63) is 102 Å². The highest BCUT2D eigenvalue weighted by Crippen LogP contribution is 2.56. The molecule has 2 aliphatic heterocycles. The van der Waals surface area contributed by atoms with Crippen LogP contribution in [0.1, 0.15) is 124 Å². The first kappa shape index (κ1) is 39.5. The number of benzene rings is 4. The molecule has 0 N–H and O–H groups in total. The fraction of sp³-hybridized carbons (Fsp3) is 0.378. The largest absolute Gasteiger partial charge is 0.186 e. The normalized spacial score (nSPS) is 14.5. The number of hydrogen-bond donors (Lipinski definition) is 0. The lowest BCUT2D eigenvalue weighted by Gasteiger charge is -2.23. The summed E-state index contributed by atoms with van der Waals surface area (Å²) >= 11 is 7.38. The molecule has 8 heteroatoms. The average Bonchev–Trinajstić information content (AvgIpc) is 3.12. The van der Waals surface area contributed by atoms with E-state index in [-0.39, 0.29) is 17.8 Å². The van der Waals surface area contributed by atoms with E-state index in [1.54, 1.807) is 0 Å². The molecule has 0 aliphatic carbocycles. The van der Waals surface area contributed by atoms with Crippen LogP contribution in [0, 0.1) is 27.7 Å². The second-order valence-corrected chi connectivity index (χ2v) is 19.6. The van der Waals surface area contributed by atoms with Crippen molar-refractivity contribution in [3.63, 3.8) is 0 Å². The van der Waals surface area contributed by atoms with Gasteiger partial charge in [0.2, 0.25) is 0 Å². The SMILES string of the molecule is Cc1ccc(C(C)C)c2c1SCC1=C(Sc3c(C)ccc(C(C)C)c3N=C=N2)Sc2c(C)ccc(C(C)C)c2N=C=Nc2c(C(C)C)ccc(C)c2S1. The molecule has 2 heterocycles. The molecule has 0 bridgehead atoms. The monoisotopic (exact) mass is 774 g/mol. The summed E-state index contributed by atoms with van der Waals surface area (Å²) in [6.07, 6.45) is 0. The van der Waals surface area contributed by atoms with Gasteiger partial charge in [-0.15, -0.1) is 11.8 Å². The number of fused-ring (bicyclic) bond motifs is 4. The van der Waals surface area contributed by atoms with Crippen LogP contribution in [-0.2, 0) is 0 Å². The maximum Gasteiger partial charge on any atom is 0.101 e. The molecule has 0 saturated heterocycles. The Morgan fingerprint density at radius 3 is 1.08 bits per heavy atom. The summed E-state index contributed by atoms with van der Waals surface area (Å²) < 4.78 is 1.22. The second kappa shape index (κ2) is 16.7. The fourth-order valence-electron chi connectivity index (χ4n) is 6.60. The maximum absolute atomic E-state index is 5.11. The van der Waals surface area contributed by atoms with Crippen LogP contribution >= 0.6 is 47.0 Å². The van der Waals surface area contributed by atoms with E-state index in [4.69, 9.17) is 20.0 Å². The van der Waals surface area contributed by atoms with Gasteiger partial charge < -0.3 is 0 Å². The lowest BCUT2D eigenvalue weighted by molar-refractivity contribution is 0.860. The van der Waals surface area contributed by atoms with Gasteiger partial charge in [-0.3, -0.25) is 0 Å². The van der Waals surface area contributed by atoms with Crippen LogP contribution in [0.2, 0.25) is 0 Å². The first-order valence-electron chi connectivity index (χ1n) is 18.5. The molecule has 0 amide bonds. The van der Waals surface area contributed by atoms with E-state index >= 15 is 0 Å². The van der Waals surface area contributed by atoms with E-state index in [0.29, 0.717) is 5.92 Å². The van der Waals surface area contributed by atoms with Gasteiger partial charge in [-0.1, -0.05) is 139 Å². The standard InChI is InChI=1S/C45H50N4S4/c1-24(2)32-17-13-28(9)41-37(32)46-22-48-39-34(26(5)6)19-15-30(11)43(39)52-45-36(21-50-41)51-42-29(10)14-18-33(25(3)4)38(42)47-23-49-40-35(27(7)8)20-16-31(12)44(40)53-45/h13-20,24-27H,21H2,1-12H3. The van der Waals surface area contributed by atoms with E-state index in [1.165, 1.54) is 58.5 Å². The van der Waals surface area contributed by atoms with E-state index in [2.05, 4.69) is 144 Å². The Morgan fingerprint density at radius 2 is 0.736 bits per heavy atom. The van der Waals surface area contributed by atoms with E-state index in [9.17, 15) is 0 Å². The minimum absolute atomic E-state index is 0.273. The quantitative estimate of drug-likeness (QED) is 0.207. The second-order valence-electron chi connectivity index (χ2n) is 15.2. The van der Waals surface area contributed by atoms with Gasteiger partial charge in [0.1, 0.15) is 12.0 Å². The number of thioether (sulfide) groups is 4. The van der Waals surface area contributed by atoms with Gasteiger partial charge in [-0.2, -0.15) is 20.0 Å². The summed E-state index contributed by atoms with van der Waals surface area (Å²) in [6.45, 7) is 26.7. The fourth-order valence-corrected chi connectivity index (χ4v) is 11.9. The van der Waals surface area contributed by atoms with Crippen molar-refractivity contribution in [2.75, 3.05) is 5.75 Å². The van der Waals surface area contributed by atoms with E-state index < -0.39 is 0 Å². The van der Waals surface area contributed by atoms with Gasteiger partial charge >= 0.3 is 0 Å². The molecule has 4 aromatic carbocycles. The molecule has 4 nitrogen and oxygen atoms in total. The van der Waals surface area contributed by atoms with Crippen molar-refractivity contribution in [1.82, 2.24) is 0 Å². The Balaban J connectivity index is 1.75. The zero-order valence-electron chi connectivity index (χ0n) is 33.1. The van der Waals surface area contributed by atoms with Gasteiger partial charge in [0, 0.05) is 30.2 Å². The number of aliphatic imine (C=N–C) groups is 4. The molecule has 0 aromatic heterocycles. The number of hydrogen-bond acceptors (Lipinski definition) is 8. The molecular weight excluding hydrogens is 725 g/mol. The van der Waals surface area contributed by atoms with Crippen LogP contribution in [-0.4, -0.2) is 17.8 Å². The Labute approximate surface area is 334 Å². The van der Waals surface area contributed by atoms with Crippen LogP contribution in [0.5, 0.6) is 0 Å². The molecule has 0 atom stereocenters. The third-order valence-corrected chi connectivity index (χ3v) is 15.6. The minimum atomic E-state index is 0.273. The van der Waals surface area contributed by atoms with Crippen molar-refractivity contribution in [2.45, 2.75) is 126 Å². The van der Waals surface area contributed by atoms with Crippen LogP contribution in [0.15, 0.2) is 97.2 Å². The van der Waals surface area contributed by atoms with Crippen LogP contribution < -0.4 is 0 Å². The zero-order chi connectivity index (χ0) is 38.1. The van der Waals surface area contributed by atoms with Gasteiger partial charge in [-0.05, 0) is 95.9 Å². The highest BCUT2D eigenvalue weighted by molar-refractivity contribution is 8.23. The third-order valence-electron chi connectivity index (χ3n) is 9.76. The van der Waals surface area contributed by atoms with Gasteiger partial charge in [0.15, 0.2) is 0 Å². The lowest BCUT2D eigenvalue weighted by Crippen LogP contribution is -1.98. The maximum atomic E-state index is 5.11. The van der Waals surface area contributed by atoms with Crippen LogP contribution in [0.3, 0.4) is 0 Å². The average molecular weight is 775 g/mol. The van der Waals surface area contributed by atoms with Crippen molar-refractivity contribution in [2.24, 2.45) is 20.0 Å². The number of nitrogens with zero attached hydrogens (tertiary/aromatic N) is 4. The molecule has 0 unspecified atom stereocenters. The highest BCUT2D eigenvalue weighted by atomic mass is 32.2. The van der Waals surface area contributed by atoms with E-state index in [0.717, 1.165) is 43.2 Å². The summed E-state index contributed by atoms with van der Waals surface area (Å²) in [6, 6.07) is 24.3. The summed E-state index contributed by atoms with van der Waals surface area (Å²) in [5.74, 6) is 1.90. The molecule has 0 fully saturated rings. The first-order chi connectivity index (χ1) is 25.3. The molecule has 6 rings (SSSR count). The molecule has 4 aromatic rings. The molecular formula is C45H50N4S4. The third kappa shape index (κ3) is 8.25. The Hall–Kier alpha value is -3.22. The highest BCUT2D eigenvalue weighted by Gasteiger charge is 2.26. The number of aryl methyl sites for hydroxylation is 4.